The molecule has 1 aliphatic carbocycles. The van der Waals surface area contributed by atoms with Crippen LogP contribution in [0.5, 0.6) is 0 Å². The molecular weight excluding hydrogens is 239 g/mol. The van der Waals surface area contributed by atoms with Crippen LogP contribution in [0.25, 0.3) is 0 Å². The topological polar surface area (TPSA) is 20.2 Å². The molecule has 1 N–H and O–H groups in total. The van der Waals surface area contributed by atoms with E-state index in [0.29, 0.717) is 16.9 Å². The van der Waals surface area contributed by atoms with Crippen molar-refractivity contribution < 1.29 is 9.50 Å². The second kappa shape index (κ2) is 4.90. The Kier molecular flexibility index (Phi) is 3.74. The fraction of sp³-hybridized carbons (Fsp3) is 0.647. The van der Waals surface area contributed by atoms with Crippen LogP contribution in [0.4, 0.5) is 4.39 Å². The molecule has 19 heavy (non-hydrogen) atoms. The van der Waals surface area contributed by atoms with Gasteiger partial charge in [0.25, 0.3) is 0 Å². The number of halogens is 1. The summed E-state index contributed by atoms with van der Waals surface area (Å²) < 4.78 is 13.3. The van der Waals surface area contributed by atoms with E-state index in [1.165, 1.54) is 6.07 Å². The third-order valence-electron chi connectivity index (χ3n) is 4.73. The van der Waals surface area contributed by atoms with Gasteiger partial charge in [0.05, 0.1) is 5.60 Å². The molecule has 1 nitrogen and oxygen atoms in total. The van der Waals surface area contributed by atoms with Crippen LogP contribution in [0.2, 0.25) is 0 Å². The first-order chi connectivity index (χ1) is 8.72. The lowest BCUT2D eigenvalue weighted by atomic mass is 9.67. The summed E-state index contributed by atoms with van der Waals surface area (Å²) in [5.41, 5.74) is 1.03. The molecule has 1 aromatic rings. The third kappa shape index (κ3) is 3.00. The van der Waals surface area contributed by atoms with Crippen molar-refractivity contribution in [1.29, 1.82) is 0 Å². The van der Waals surface area contributed by atoms with Gasteiger partial charge in [-0.15, -0.1) is 0 Å². The molecule has 1 fully saturated rings. The molecule has 0 heterocycles. The van der Waals surface area contributed by atoms with Gasteiger partial charge in [0.2, 0.25) is 0 Å². The fourth-order valence-electron chi connectivity index (χ4n) is 3.18. The Balaban J connectivity index is 2.15. The van der Waals surface area contributed by atoms with Crippen molar-refractivity contribution in [2.45, 2.75) is 59.0 Å². The van der Waals surface area contributed by atoms with Crippen molar-refractivity contribution >= 4 is 0 Å². The SMILES string of the molecule is Cc1cc(C2(O)CCC(C(C)(C)C)CC2)ccc1F. The summed E-state index contributed by atoms with van der Waals surface area (Å²) >= 11 is 0. The molecule has 0 aromatic heterocycles. The Morgan fingerprint density at radius 2 is 1.79 bits per heavy atom. The molecule has 0 radical (unpaired) electrons. The zero-order chi connectivity index (χ0) is 14.3. The smallest absolute Gasteiger partial charge is 0.126 e. The fourth-order valence-corrected chi connectivity index (χ4v) is 3.18. The molecular formula is C17H25FO. The first-order valence-corrected chi connectivity index (χ1v) is 7.21. The molecule has 1 aliphatic rings. The zero-order valence-electron chi connectivity index (χ0n) is 12.5. The van der Waals surface area contributed by atoms with E-state index < -0.39 is 5.60 Å². The van der Waals surface area contributed by atoms with Crippen LogP contribution < -0.4 is 0 Å². The molecule has 0 saturated heterocycles. The van der Waals surface area contributed by atoms with Crippen LogP contribution in [-0.2, 0) is 5.60 Å². The Morgan fingerprint density at radius 3 is 2.26 bits per heavy atom. The molecule has 0 aliphatic heterocycles. The van der Waals surface area contributed by atoms with Crippen molar-refractivity contribution in [1.82, 2.24) is 0 Å². The van der Waals surface area contributed by atoms with E-state index in [-0.39, 0.29) is 5.82 Å². The molecule has 0 unspecified atom stereocenters. The Hall–Kier alpha value is -0.890. The number of aryl methyl sites for hydroxylation is 1. The standard InChI is InChI=1S/C17H25FO/c1-12-11-14(5-6-15(12)18)17(19)9-7-13(8-10-17)16(2,3)4/h5-6,11,13,19H,7-10H2,1-4H3. The van der Waals surface area contributed by atoms with Crippen LogP contribution in [0.15, 0.2) is 18.2 Å². The number of benzene rings is 1. The van der Waals surface area contributed by atoms with Gasteiger partial charge in [0.1, 0.15) is 5.82 Å². The van der Waals surface area contributed by atoms with Gasteiger partial charge in [-0.2, -0.15) is 0 Å². The minimum Gasteiger partial charge on any atom is -0.385 e. The van der Waals surface area contributed by atoms with Gasteiger partial charge >= 0.3 is 0 Å². The van der Waals surface area contributed by atoms with Gasteiger partial charge in [-0.05, 0) is 61.1 Å². The maximum absolute atomic E-state index is 13.3. The van der Waals surface area contributed by atoms with Gasteiger partial charge in [-0.1, -0.05) is 32.9 Å². The highest BCUT2D eigenvalue weighted by Gasteiger charge is 2.38. The van der Waals surface area contributed by atoms with Crippen LogP contribution in [0.3, 0.4) is 0 Å². The quantitative estimate of drug-likeness (QED) is 0.788. The van der Waals surface area contributed by atoms with E-state index in [4.69, 9.17) is 0 Å². The van der Waals surface area contributed by atoms with E-state index in [9.17, 15) is 9.50 Å². The van der Waals surface area contributed by atoms with Crippen LogP contribution in [-0.4, -0.2) is 5.11 Å². The highest BCUT2D eigenvalue weighted by atomic mass is 19.1. The van der Waals surface area contributed by atoms with E-state index in [1.807, 2.05) is 0 Å². The van der Waals surface area contributed by atoms with Gasteiger partial charge in [-0.3, -0.25) is 0 Å². The van der Waals surface area contributed by atoms with Gasteiger partial charge in [0.15, 0.2) is 0 Å². The van der Waals surface area contributed by atoms with Crippen molar-refractivity contribution in [2.24, 2.45) is 11.3 Å². The first kappa shape index (κ1) is 14.5. The monoisotopic (exact) mass is 264 g/mol. The summed E-state index contributed by atoms with van der Waals surface area (Å²) in [6.45, 7) is 8.56. The van der Waals surface area contributed by atoms with Crippen molar-refractivity contribution in [3.63, 3.8) is 0 Å². The average Bonchev–Trinajstić information content (AvgIpc) is 2.32. The molecule has 0 spiro atoms. The molecule has 2 rings (SSSR count). The first-order valence-electron chi connectivity index (χ1n) is 7.21. The lowest BCUT2D eigenvalue weighted by Crippen LogP contribution is -2.35. The summed E-state index contributed by atoms with van der Waals surface area (Å²) in [7, 11) is 0. The highest BCUT2D eigenvalue weighted by Crippen LogP contribution is 2.45. The highest BCUT2D eigenvalue weighted by molar-refractivity contribution is 5.29. The molecule has 1 saturated carbocycles. The second-order valence-corrected chi connectivity index (χ2v) is 7.14. The lowest BCUT2D eigenvalue weighted by molar-refractivity contribution is -0.0298. The number of hydrogen-bond donors (Lipinski definition) is 1. The summed E-state index contributed by atoms with van der Waals surface area (Å²) in [6.07, 6.45) is 3.63. The molecule has 106 valence electrons. The predicted octanol–water partition coefficient (Wildman–Crippen LogP) is 4.56. The van der Waals surface area contributed by atoms with E-state index in [0.717, 1.165) is 31.2 Å². The van der Waals surface area contributed by atoms with E-state index in [2.05, 4.69) is 20.8 Å². The van der Waals surface area contributed by atoms with Crippen LogP contribution in [0.1, 0.15) is 57.6 Å². The second-order valence-electron chi connectivity index (χ2n) is 7.14. The molecule has 0 amide bonds. The van der Waals surface area contributed by atoms with Gasteiger partial charge in [0, 0.05) is 0 Å². The largest absolute Gasteiger partial charge is 0.385 e. The maximum Gasteiger partial charge on any atom is 0.126 e. The van der Waals surface area contributed by atoms with E-state index >= 15 is 0 Å². The molecule has 1 aromatic carbocycles. The van der Waals surface area contributed by atoms with Crippen molar-refractivity contribution in [3.8, 4) is 0 Å². The van der Waals surface area contributed by atoms with Crippen molar-refractivity contribution in [3.05, 3.63) is 35.1 Å². The molecule has 2 heteroatoms. The normalized spacial score (nSPS) is 28.4. The minimum absolute atomic E-state index is 0.198. The zero-order valence-corrected chi connectivity index (χ0v) is 12.5. The Labute approximate surface area is 115 Å². The third-order valence-corrected chi connectivity index (χ3v) is 4.73. The molecule has 0 atom stereocenters. The summed E-state index contributed by atoms with van der Waals surface area (Å²) in [5.74, 6) is 0.463. The van der Waals surface area contributed by atoms with Gasteiger partial charge < -0.3 is 5.11 Å². The summed E-state index contributed by atoms with van der Waals surface area (Å²) in [5, 5.41) is 10.8. The number of rotatable bonds is 1. The summed E-state index contributed by atoms with van der Waals surface area (Å²) in [6, 6.07) is 5.00. The average molecular weight is 264 g/mol. The van der Waals surface area contributed by atoms with Crippen LogP contribution >= 0.6 is 0 Å². The Bertz CT molecular complexity index is 451. The number of hydrogen-bond acceptors (Lipinski definition) is 1. The lowest BCUT2D eigenvalue weighted by Gasteiger charge is -2.41. The van der Waals surface area contributed by atoms with E-state index in [1.54, 1.807) is 19.1 Å². The maximum atomic E-state index is 13.3. The summed E-state index contributed by atoms with van der Waals surface area (Å²) in [4.78, 5) is 0. The van der Waals surface area contributed by atoms with Gasteiger partial charge in [-0.25, -0.2) is 4.39 Å². The Morgan fingerprint density at radius 1 is 1.21 bits per heavy atom. The van der Waals surface area contributed by atoms with Crippen LogP contribution in [0, 0.1) is 24.1 Å². The molecule has 0 bridgehead atoms. The number of aliphatic hydroxyl groups is 1. The predicted molar refractivity (Wildman–Crippen MR) is 76.4 cm³/mol. The van der Waals surface area contributed by atoms with Crippen molar-refractivity contribution in [2.75, 3.05) is 0 Å². The minimum atomic E-state index is -0.764.